The maximum atomic E-state index is 12.4. The summed E-state index contributed by atoms with van der Waals surface area (Å²) in [7, 11) is 0. The molecular formula is C17H21N3O2. The Hall–Kier alpha value is -2.14. The van der Waals surface area contributed by atoms with Crippen LogP contribution >= 0.6 is 0 Å². The standard InChI is InChI=1S/C17H21N3O2/c1-10-5-6-11(2)16-15(10)14(21)8-12(19-16)9-20-7-3-4-13(20)17(18)22/h5-6,8,13H,3-4,7,9H2,1-2H3,(H2,18,22)(H,19,21)/t13-/m1/s1. The molecule has 1 fully saturated rings. The summed E-state index contributed by atoms with van der Waals surface area (Å²) in [6, 6.07) is 5.40. The molecule has 22 heavy (non-hydrogen) atoms. The zero-order chi connectivity index (χ0) is 15.9. The molecule has 5 nitrogen and oxygen atoms in total. The molecule has 3 rings (SSSR count). The maximum absolute atomic E-state index is 12.4. The van der Waals surface area contributed by atoms with Crippen molar-refractivity contribution in [2.75, 3.05) is 6.54 Å². The molecule has 1 atom stereocenters. The van der Waals surface area contributed by atoms with Crippen LogP contribution in [0.25, 0.3) is 10.9 Å². The molecule has 1 aliphatic heterocycles. The van der Waals surface area contributed by atoms with Crippen molar-refractivity contribution >= 4 is 16.8 Å². The molecule has 2 heterocycles. The molecule has 116 valence electrons. The number of benzene rings is 1. The first kappa shape index (κ1) is 14.8. The van der Waals surface area contributed by atoms with Gasteiger partial charge in [0.15, 0.2) is 5.43 Å². The van der Waals surface area contributed by atoms with Crippen molar-refractivity contribution in [3.8, 4) is 0 Å². The smallest absolute Gasteiger partial charge is 0.234 e. The molecule has 0 unspecified atom stereocenters. The van der Waals surface area contributed by atoms with Crippen molar-refractivity contribution in [2.24, 2.45) is 5.73 Å². The fourth-order valence-corrected chi connectivity index (χ4v) is 3.36. The number of hydrogen-bond acceptors (Lipinski definition) is 3. The highest BCUT2D eigenvalue weighted by atomic mass is 16.1. The number of nitrogens with zero attached hydrogens (tertiary/aromatic N) is 1. The minimum atomic E-state index is -0.285. The summed E-state index contributed by atoms with van der Waals surface area (Å²) in [6.07, 6.45) is 1.76. The first-order valence-electron chi connectivity index (χ1n) is 7.63. The van der Waals surface area contributed by atoms with Crippen LogP contribution in [0.2, 0.25) is 0 Å². The predicted octanol–water partition coefficient (Wildman–Crippen LogP) is 1.59. The van der Waals surface area contributed by atoms with Gasteiger partial charge in [0.1, 0.15) is 0 Å². The fourth-order valence-electron chi connectivity index (χ4n) is 3.36. The van der Waals surface area contributed by atoms with E-state index in [0.29, 0.717) is 6.54 Å². The minimum absolute atomic E-state index is 0.0276. The Labute approximate surface area is 129 Å². The summed E-state index contributed by atoms with van der Waals surface area (Å²) in [4.78, 5) is 29.3. The number of aromatic nitrogens is 1. The monoisotopic (exact) mass is 299 g/mol. The average Bonchev–Trinajstić information content (AvgIpc) is 2.91. The number of aryl methyl sites for hydroxylation is 2. The normalized spacial score (nSPS) is 18.9. The topological polar surface area (TPSA) is 79.2 Å². The molecular weight excluding hydrogens is 278 g/mol. The largest absolute Gasteiger partial charge is 0.368 e. The summed E-state index contributed by atoms with van der Waals surface area (Å²) < 4.78 is 0. The Balaban J connectivity index is 2.01. The van der Waals surface area contributed by atoms with E-state index in [4.69, 9.17) is 5.73 Å². The van der Waals surface area contributed by atoms with Gasteiger partial charge >= 0.3 is 0 Å². The molecule has 1 aromatic heterocycles. The number of H-pyrrole nitrogens is 1. The van der Waals surface area contributed by atoms with Crippen molar-refractivity contribution < 1.29 is 4.79 Å². The number of carbonyl (C=O) groups is 1. The number of nitrogens with one attached hydrogen (secondary N) is 1. The second kappa shape index (κ2) is 5.57. The lowest BCUT2D eigenvalue weighted by molar-refractivity contribution is -0.122. The molecule has 5 heteroatoms. The number of amides is 1. The Morgan fingerprint density at radius 2 is 2.09 bits per heavy atom. The van der Waals surface area contributed by atoms with Crippen LogP contribution in [0, 0.1) is 13.8 Å². The molecule has 1 amide bonds. The summed E-state index contributed by atoms with van der Waals surface area (Å²) in [6.45, 7) is 5.32. The Bertz CT molecular complexity index is 794. The minimum Gasteiger partial charge on any atom is -0.368 e. The van der Waals surface area contributed by atoms with Crippen LogP contribution in [0.5, 0.6) is 0 Å². The number of rotatable bonds is 3. The zero-order valence-electron chi connectivity index (χ0n) is 13.0. The van der Waals surface area contributed by atoms with Crippen molar-refractivity contribution in [3.63, 3.8) is 0 Å². The van der Waals surface area contributed by atoms with Crippen LogP contribution in [0.1, 0.15) is 29.7 Å². The lowest BCUT2D eigenvalue weighted by Gasteiger charge is -2.22. The fraction of sp³-hybridized carbons (Fsp3) is 0.412. The maximum Gasteiger partial charge on any atom is 0.234 e. The zero-order valence-corrected chi connectivity index (χ0v) is 13.0. The lowest BCUT2D eigenvalue weighted by Crippen LogP contribution is -2.40. The van der Waals surface area contributed by atoms with Gasteiger partial charge in [0, 0.05) is 23.7 Å². The van der Waals surface area contributed by atoms with E-state index in [9.17, 15) is 9.59 Å². The number of hydrogen-bond donors (Lipinski definition) is 2. The number of carbonyl (C=O) groups excluding carboxylic acids is 1. The van der Waals surface area contributed by atoms with Crippen LogP contribution in [-0.4, -0.2) is 28.4 Å². The van der Waals surface area contributed by atoms with Gasteiger partial charge in [0.05, 0.1) is 11.6 Å². The first-order chi connectivity index (χ1) is 10.5. The Morgan fingerprint density at radius 3 is 2.82 bits per heavy atom. The van der Waals surface area contributed by atoms with Gasteiger partial charge < -0.3 is 10.7 Å². The van der Waals surface area contributed by atoms with Gasteiger partial charge in [-0.25, -0.2) is 0 Å². The second-order valence-corrected chi connectivity index (χ2v) is 6.14. The predicted molar refractivity (Wildman–Crippen MR) is 86.7 cm³/mol. The molecule has 3 N–H and O–H groups in total. The molecule has 1 aliphatic rings. The van der Waals surface area contributed by atoms with E-state index >= 15 is 0 Å². The van der Waals surface area contributed by atoms with Gasteiger partial charge in [0.25, 0.3) is 0 Å². The van der Waals surface area contributed by atoms with Crippen molar-refractivity contribution in [1.82, 2.24) is 9.88 Å². The van der Waals surface area contributed by atoms with E-state index in [1.807, 2.05) is 30.9 Å². The third-order valence-electron chi connectivity index (χ3n) is 4.52. The molecule has 1 aromatic carbocycles. The molecule has 0 saturated carbocycles. The van der Waals surface area contributed by atoms with E-state index in [-0.39, 0.29) is 17.4 Å². The van der Waals surface area contributed by atoms with Crippen LogP contribution in [-0.2, 0) is 11.3 Å². The van der Waals surface area contributed by atoms with Gasteiger partial charge in [0.2, 0.25) is 5.91 Å². The van der Waals surface area contributed by atoms with E-state index in [0.717, 1.165) is 47.1 Å². The van der Waals surface area contributed by atoms with E-state index in [2.05, 4.69) is 4.98 Å². The second-order valence-electron chi connectivity index (χ2n) is 6.14. The van der Waals surface area contributed by atoms with E-state index < -0.39 is 0 Å². The van der Waals surface area contributed by atoms with Crippen LogP contribution in [0.15, 0.2) is 23.0 Å². The molecule has 1 saturated heterocycles. The van der Waals surface area contributed by atoms with E-state index in [1.54, 1.807) is 6.07 Å². The molecule has 0 aliphatic carbocycles. The van der Waals surface area contributed by atoms with Crippen LogP contribution < -0.4 is 11.2 Å². The third kappa shape index (κ3) is 2.52. The molecule has 2 aromatic rings. The average molecular weight is 299 g/mol. The van der Waals surface area contributed by atoms with Gasteiger partial charge in [-0.05, 0) is 44.4 Å². The van der Waals surface area contributed by atoms with Crippen molar-refractivity contribution in [3.05, 3.63) is 45.2 Å². The highest BCUT2D eigenvalue weighted by Gasteiger charge is 2.29. The first-order valence-corrected chi connectivity index (χ1v) is 7.63. The van der Waals surface area contributed by atoms with Crippen molar-refractivity contribution in [2.45, 2.75) is 39.3 Å². The van der Waals surface area contributed by atoms with Crippen molar-refractivity contribution in [1.29, 1.82) is 0 Å². The molecule has 0 bridgehead atoms. The number of nitrogens with two attached hydrogens (primary N) is 1. The molecule has 0 spiro atoms. The summed E-state index contributed by atoms with van der Waals surface area (Å²) >= 11 is 0. The summed E-state index contributed by atoms with van der Waals surface area (Å²) in [5, 5.41) is 0.747. The third-order valence-corrected chi connectivity index (χ3v) is 4.52. The quantitative estimate of drug-likeness (QED) is 0.903. The number of primary amides is 1. The van der Waals surface area contributed by atoms with Crippen LogP contribution in [0.3, 0.4) is 0 Å². The number of likely N-dealkylation sites (tertiary alicyclic amines) is 1. The van der Waals surface area contributed by atoms with E-state index in [1.165, 1.54) is 0 Å². The van der Waals surface area contributed by atoms with Gasteiger partial charge in [-0.1, -0.05) is 12.1 Å². The Kier molecular flexibility index (Phi) is 3.74. The number of aromatic amines is 1. The summed E-state index contributed by atoms with van der Waals surface area (Å²) in [5.41, 5.74) is 9.23. The van der Waals surface area contributed by atoms with Crippen LogP contribution in [0.4, 0.5) is 0 Å². The Morgan fingerprint density at radius 1 is 1.36 bits per heavy atom. The van der Waals surface area contributed by atoms with Gasteiger partial charge in [-0.15, -0.1) is 0 Å². The highest BCUT2D eigenvalue weighted by Crippen LogP contribution is 2.21. The van der Waals surface area contributed by atoms with Gasteiger partial charge in [-0.3, -0.25) is 14.5 Å². The number of fused-ring (bicyclic) bond motifs is 1. The SMILES string of the molecule is Cc1ccc(C)c2c(=O)cc(CN3CCC[C@@H]3C(N)=O)[nH]c12. The highest BCUT2D eigenvalue weighted by molar-refractivity contribution is 5.84. The van der Waals surface area contributed by atoms with Gasteiger partial charge in [-0.2, -0.15) is 0 Å². The molecule has 0 radical (unpaired) electrons. The summed E-state index contributed by atoms with van der Waals surface area (Å²) in [5.74, 6) is -0.285. The lowest BCUT2D eigenvalue weighted by atomic mass is 10.0. The number of pyridine rings is 1.